The SMILES string of the molecule is N#CC(C(=O)CC1CCC1)c1ccccc1Cl. The molecule has 0 bridgehead atoms. The summed E-state index contributed by atoms with van der Waals surface area (Å²) >= 11 is 6.02. The molecule has 1 atom stereocenters. The van der Waals surface area contributed by atoms with Crippen LogP contribution in [0.5, 0.6) is 0 Å². The number of nitrogens with zero attached hydrogens (tertiary/aromatic N) is 1. The summed E-state index contributed by atoms with van der Waals surface area (Å²) in [6, 6.07) is 9.17. The van der Waals surface area contributed by atoms with E-state index in [-0.39, 0.29) is 5.78 Å². The van der Waals surface area contributed by atoms with E-state index in [2.05, 4.69) is 6.07 Å². The number of ketones is 1. The van der Waals surface area contributed by atoms with Gasteiger partial charge in [0.05, 0.1) is 6.07 Å². The molecule has 0 radical (unpaired) electrons. The lowest BCUT2D eigenvalue weighted by Gasteiger charge is -2.25. The fourth-order valence-corrected chi connectivity index (χ4v) is 2.37. The van der Waals surface area contributed by atoms with Crippen LogP contribution in [0.4, 0.5) is 0 Å². The van der Waals surface area contributed by atoms with E-state index in [0.717, 1.165) is 12.8 Å². The molecule has 0 N–H and O–H groups in total. The van der Waals surface area contributed by atoms with Crippen molar-refractivity contribution in [1.82, 2.24) is 0 Å². The quantitative estimate of drug-likeness (QED) is 0.814. The highest BCUT2D eigenvalue weighted by Gasteiger charge is 2.27. The molecule has 0 amide bonds. The van der Waals surface area contributed by atoms with Crippen LogP contribution in [0.15, 0.2) is 24.3 Å². The van der Waals surface area contributed by atoms with Crippen LogP contribution >= 0.6 is 11.6 Å². The molecule has 1 aliphatic carbocycles. The van der Waals surface area contributed by atoms with Gasteiger partial charge in [-0.05, 0) is 17.5 Å². The van der Waals surface area contributed by atoms with Crippen LogP contribution in [-0.2, 0) is 4.79 Å². The van der Waals surface area contributed by atoms with E-state index in [1.807, 2.05) is 6.07 Å². The third kappa shape index (κ3) is 2.68. The molecule has 2 nitrogen and oxygen atoms in total. The molecule has 1 aliphatic rings. The second-order valence-corrected chi connectivity index (χ2v) is 4.96. The summed E-state index contributed by atoms with van der Waals surface area (Å²) in [4.78, 5) is 12.0. The van der Waals surface area contributed by atoms with Crippen molar-refractivity contribution in [3.8, 4) is 6.07 Å². The van der Waals surface area contributed by atoms with Crippen molar-refractivity contribution >= 4 is 17.4 Å². The summed E-state index contributed by atoms with van der Waals surface area (Å²) in [6.45, 7) is 0. The zero-order valence-electron chi connectivity index (χ0n) is 9.53. The Hall–Kier alpha value is -1.33. The van der Waals surface area contributed by atoms with E-state index in [4.69, 9.17) is 16.9 Å². The van der Waals surface area contributed by atoms with E-state index >= 15 is 0 Å². The fraction of sp³-hybridized carbons (Fsp3) is 0.429. The Bertz CT molecular complexity index is 460. The number of nitriles is 1. The Morgan fingerprint density at radius 2 is 2.18 bits per heavy atom. The third-order valence-corrected chi connectivity index (χ3v) is 3.73. The molecule has 17 heavy (non-hydrogen) atoms. The van der Waals surface area contributed by atoms with Crippen LogP contribution in [0.3, 0.4) is 0 Å². The van der Waals surface area contributed by atoms with Gasteiger partial charge >= 0.3 is 0 Å². The predicted molar refractivity (Wildman–Crippen MR) is 66.8 cm³/mol. The van der Waals surface area contributed by atoms with Gasteiger partial charge in [-0.3, -0.25) is 4.79 Å². The van der Waals surface area contributed by atoms with Gasteiger partial charge in [-0.15, -0.1) is 0 Å². The fourth-order valence-electron chi connectivity index (χ4n) is 2.12. The second kappa shape index (κ2) is 5.33. The number of Topliss-reactive ketones (excluding diaryl/α,β-unsaturated/α-hetero) is 1. The Morgan fingerprint density at radius 1 is 1.47 bits per heavy atom. The van der Waals surface area contributed by atoms with Crippen molar-refractivity contribution < 1.29 is 4.79 Å². The van der Waals surface area contributed by atoms with Crippen molar-refractivity contribution in [1.29, 1.82) is 5.26 Å². The van der Waals surface area contributed by atoms with Gasteiger partial charge in [-0.2, -0.15) is 5.26 Å². The van der Waals surface area contributed by atoms with Gasteiger partial charge in [0.2, 0.25) is 0 Å². The lowest BCUT2D eigenvalue weighted by molar-refractivity contribution is -0.120. The lowest BCUT2D eigenvalue weighted by Crippen LogP contribution is -2.20. The minimum Gasteiger partial charge on any atom is -0.298 e. The normalized spacial score (nSPS) is 16.9. The van der Waals surface area contributed by atoms with Crippen LogP contribution in [-0.4, -0.2) is 5.78 Å². The minimum absolute atomic E-state index is 0.00491. The van der Waals surface area contributed by atoms with Crippen LogP contribution in [0, 0.1) is 17.2 Å². The first kappa shape index (κ1) is 12.1. The highest BCUT2D eigenvalue weighted by atomic mass is 35.5. The number of hydrogen-bond acceptors (Lipinski definition) is 2. The Balaban J connectivity index is 2.13. The number of hydrogen-bond donors (Lipinski definition) is 0. The molecule has 1 saturated carbocycles. The first-order chi connectivity index (χ1) is 8.22. The largest absolute Gasteiger partial charge is 0.298 e. The molecule has 0 aliphatic heterocycles. The second-order valence-electron chi connectivity index (χ2n) is 4.55. The molecule has 2 rings (SSSR count). The molecule has 1 unspecified atom stereocenters. The summed E-state index contributed by atoms with van der Waals surface area (Å²) < 4.78 is 0. The van der Waals surface area contributed by atoms with E-state index in [0.29, 0.717) is 22.9 Å². The maximum Gasteiger partial charge on any atom is 0.154 e. The van der Waals surface area contributed by atoms with E-state index in [1.165, 1.54) is 6.42 Å². The maximum absolute atomic E-state index is 12.0. The molecule has 1 aromatic rings. The third-order valence-electron chi connectivity index (χ3n) is 3.38. The highest BCUT2D eigenvalue weighted by Crippen LogP contribution is 2.33. The Labute approximate surface area is 106 Å². The summed E-state index contributed by atoms with van der Waals surface area (Å²) in [5, 5.41) is 9.65. The van der Waals surface area contributed by atoms with Crippen molar-refractivity contribution in [2.24, 2.45) is 5.92 Å². The van der Waals surface area contributed by atoms with Gasteiger partial charge in [0, 0.05) is 11.4 Å². The van der Waals surface area contributed by atoms with E-state index in [9.17, 15) is 4.79 Å². The molecule has 0 spiro atoms. The van der Waals surface area contributed by atoms with Gasteiger partial charge in [0.15, 0.2) is 5.78 Å². The molecular weight excluding hydrogens is 234 g/mol. The van der Waals surface area contributed by atoms with Gasteiger partial charge in [0.1, 0.15) is 5.92 Å². The number of halogens is 1. The summed E-state index contributed by atoms with van der Waals surface area (Å²) in [6.07, 6.45) is 3.96. The van der Waals surface area contributed by atoms with Crippen molar-refractivity contribution in [3.05, 3.63) is 34.9 Å². The number of carbonyl (C=O) groups excluding carboxylic acids is 1. The number of benzene rings is 1. The average Bonchev–Trinajstić information content (AvgIpc) is 2.27. The van der Waals surface area contributed by atoms with Crippen LogP contribution in [0.1, 0.15) is 37.2 Å². The molecule has 0 aromatic heterocycles. The van der Waals surface area contributed by atoms with Crippen molar-refractivity contribution in [3.63, 3.8) is 0 Å². The standard InChI is InChI=1S/C14H14ClNO/c15-13-7-2-1-6-11(13)12(9-16)14(17)8-10-4-3-5-10/h1-2,6-7,10,12H,3-5,8H2. The monoisotopic (exact) mass is 247 g/mol. The molecule has 88 valence electrons. The van der Waals surface area contributed by atoms with Crippen molar-refractivity contribution in [2.75, 3.05) is 0 Å². The lowest BCUT2D eigenvalue weighted by atomic mass is 9.79. The smallest absolute Gasteiger partial charge is 0.154 e. The molecule has 1 aromatic carbocycles. The summed E-state index contributed by atoms with van der Waals surface area (Å²) in [7, 11) is 0. The first-order valence-electron chi connectivity index (χ1n) is 5.89. The Kier molecular flexibility index (Phi) is 3.81. The molecule has 0 saturated heterocycles. The Morgan fingerprint density at radius 3 is 2.71 bits per heavy atom. The first-order valence-corrected chi connectivity index (χ1v) is 6.27. The van der Waals surface area contributed by atoms with Gasteiger partial charge < -0.3 is 0 Å². The summed E-state index contributed by atoms with van der Waals surface area (Å²) in [5.74, 6) is -0.213. The molecular formula is C14H14ClNO. The minimum atomic E-state index is -0.704. The van der Waals surface area contributed by atoms with E-state index in [1.54, 1.807) is 18.2 Å². The zero-order valence-corrected chi connectivity index (χ0v) is 10.3. The van der Waals surface area contributed by atoms with Gasteiger partial charge in [-0.25, -0.2) is 0 Å². The number of rotatable bonds is 4. The average molecular weight is 248 g/mol. The van der Waals surface area contributed by atoms with Gasteiger partial charge in [0.25, 0.3) is 0 Å². The topological polar surface area (TPSA) is 40.9 Å². The maximum atomic E-state index is 12.0. The molecule has 1 fully saturated rings. The zero-order chi connectivity index (χ0) is 12.3. The molecule has 0 heterocycles. The van der Waals surface area contributed by atoms with Crippen LogP contribution < -0.4 is 0 Å². The predicted octanol–water partition coefficient (Wildman–Crippen LogP) is 3.71. The van der Waals surface area contributed by atoms with Crippen LogP contribution in [0.2, 0.25) is 5.02 Å². The number of carbonyl (C=O) groups is 1. The summed E-state index contributed by atoms with van der Waals surface area (Å²) in [5.41, 5.74) is 0.640. The molecule has 3 heteroatoms. The van der Waals surface area contributed by atoms with Crippen LogP contribution in [0.25, 0.3) is 0 Å². The van der Waals surface area contributed by atoms with E-state index < -0.39 is 5.92 Å². The van der Waals surface area contributed by atoms with Crippen molar-refractivity contribution in [2.45, 2.75) is 31.6 Å². The highest BCUT2D eigenvalue weighted by molar-refractivity contribution is 6.31. The van der Waals surface area contributed by atoms with Gasteiger partial charge in [-0.1, -0.05) is 49.1 Å².